The lowest BCUT2D eigenvalue weighted by Crippen LogP contribution is -2.45. The van der Waals surface area contributed by atoms with E-state index in [4.69, 9.17) is 21.1 Å². The Labute approximate surface area is 240 Å². The molecule has 0 aliphatic rings. The van der Waals surface area contributed by atoms with Crippen molar-refractivity contribution in [1.29, 1.82) is 0 Å². The van der Waals surface area contributed by atoms with Gasteiger partial charge >= 0.3 is 24.5 Å². The van der Waals surface area contributed by atoms with E-state index < -0.39 is 87.4 Å². The van der Waals surface area contributed by atoms with Gasteiger partial charge in [-0.1, -0.05) is 24.9 Å². The normalized spacial score (nSPS) is 13.3. The van der Waals surface area contributed by atoms with Crippen molar-refractivity contribution >= 4 is 45.1 Å². The number of esters is 1. The van der Waals surface area contributed by atoms with Gasteiger partial charge in [-0.25, -0.2) is 9.78 Å². The van der Waals surface area contributed by atoms with Crippen molar-refractivity contribution in [3.8, 4) is 0 Å². The van der Waals surface area contributed by atoms with Crippen LogP contribution in [0.4, 0.5) is 51.1 Å². The molecule has 0 spiro atoms. The van der Waals surface area contributed by atoms with E-state index in [1.807, 2.05) is 0 Å². The van der Waals surface area contributed by atoms with E-state index in [1.54, 1.807) is 6.92 Å². The van der Waals surface area contributed by atoms with Gasteiger partial charge in [-0.15, -0.1) is 0 Å². The molecule has 0 N–H and O–H groups in total. The number of hydrogen-bond acceptors (Lipinski definition) is 6. The van der Waals surface area contributed by atoms with E-state index in [2.05, 4.69) is 20.9 Å². The molecule has 0 amide bonds. The molecule has 7 nitrogen and oxygen atoms in total. The Morgan fingerprint density at radius 3 is 2.10 bits per heavy atom. The zero-order chi connectivity index (χ0) is 31.5. The highest BCUT2D eigenvalue weighted by molar-refractivity contribution is 9.10. The molecule has 1 aromatic heterocycles. The Balaban J connectivity index is 3.24. The highest BCUT2D eigenvalue weighted by Crippen LogP contribution is 2.46. The SMILES string of the molecule is CCCCn1c(N(c2cc(C(F)(F)F)cc(C(F)(F)F)c2Cl)C(OCC)C(=O)OCC)nc(C(F)(F)F)c(Br)c1=O. The Kier molecular flexibility index (Phi) is 11.2. The highest BCUT2D eigenvalue weighted by Gasteiger charge is 2.44. The minimum absolute atomic E-state index is 0.0778. The summed E-state index contributed by atoms with van der Waals surface area (Å²) in [5.74, 6) is -2.59. The second-order valence-corrected chi connectivity index (χ2v) is 9.34. The standard InChI is InChI=1S/C23H22BrClF9N3O4/c1-4-7-8-36-17(38)14(24)16(23(32,33)34)35-20(36)37(18(40-5-2)19(39)41-6-3)13-10-11(21(26,27)28)9-12(15(13)25)22(29,30)31/h9-10,18H,4-8H2,1-3H3. The van der Waals surface area contributed by atoms with Crippen molar-refractivity contribution < 1.29 is 53.8 Å². The van der Waals surface area contributed by atoms with Gasteiger partial charge in [0.2, 0.25) is 12.2 Å². The van der Waals surface area contributed by atoms with E-state index in [0.717, 1.165) is 0 Å². The number of alkyl halides is 9. The molecule has 0 aliphatic heterocycles. The van der Waals surface area contributed by atoms with Crippen LogP contribution in [0.15, 0.2) is 21.4 Å². The third kappa shape index (κ3) is 7.85. The van der Waals surface area contributed by atoms with Crippen LogP contribution in [0.2, 0.25) is 5.02 Å². The van der Waals surface area contributed by atoms with Gasteiger partial charge in [0.25, 0.3) is 5.56 Å². The smallest absolute Gasteiger partial charge is 0.434 e. The predicted molar refractivity (Wildman–Crippen MR) is 132 cm³/mol. The zero-order valence-corrected chi connectivity index (χ0v) is 23.7. The molecule has 1 unspecified atom stereocenters. The van der Waals surface area contributed by atoms with Crippen molar-refractivity contribution in [1.82, 2.24) is 9.55 Å². The molecule has 0 saturated heterocycles. The molecule has 230 valence electrons. The van der Waals surface area contributed by atoms with Crippen molar-refractivity contribution in [3.63, 3.8) is 0 Å². The average Bonchev–Trinajstić information content (AvgIpc) is 2.83. The maximum absolute atomic E-state index is 13.9. The van der Waals surface area contributed by atoms with Crippen LogP contribution in [0.25, 0.3) is 0 Å². The molecule has 18 heteroatoms. The van der Waals surface area contributed by atoms with Crippen LogP contribution in [0.3, 0.4) is 0 Å². The minimum atomic E-state index is -5.49. The lowest BCUT2D eigenvalue weighted by Gasteiger charge is -2.34. The van der Waals surface area contributed by atoms with Crippen LogP contribution >= 0.6 is 27.5 Å². The van der Waals surface area contributed by atoms with Gasteiger partial charge in [0.05, 0.1) is 28.4 Å². The van der Waals surface area contributed by atoms with Crippen molar-refractivity contribution in [2.75, 3.05) is 18.1 Å². The van der Waals surface area contributed by atoms with Gasteiger partial charge in [0.1, 0.15) is 4.47 Å². The van der Waals surface area contributed by atoms with Crippen LogP contribution in [-0.4, -0.2) is 35.0 Å². The summed E-state index contributed by atoms with van der Waals surface area (Å²) < 4.78 is 134. The first-order valence-corrected chi connectivity index (χ1v) is 12.9. The molecule has 0 bridgehead atoms. The largest absolute Gasteiger partial charge is 0.463 e. The van der Waals surface area contributed by atoms with Crippen LogP contribution in [0.5, 0.6) is 0 Å². The molecule has 0 saturated carbocycles. The van der Waals surface area contributed by atoms with Gasteiger partial charge in [-0.05, 0) is 48.3 Å². The molecule has 2 rings (SSSR count). The summed E-state index contributed by atoms with van der Waals surface area (Å²) in [4.78, 5) is 29.6. The first kappa shape index (κ1) is 34.7. The number of unbranched alkanes of at least 4 members (excludes halogenated alkanes) is 1. The maximum atomic E-state index is 13.9. The van der Waals surface area contributed by atoms with Crippen molar-refractivity contribution in [2.24, 2.45) is 0 Å². The quantitative estimate of drug-likeness (QED) is 0.146. The van der Waals surface area contributed by atoms with Crippen LogP contribution in [0.1, 0.15) is 50.4 Å². The maximum Gasteiger partial charge on any atom is 0.434 e. The minimum Gasteiger partial charge on any atom is -0.463 e. The summed E-state index contributed by atoms with van der Waals surface area (Å²) in [5, 5.41) is -1.44. The van der Waals surface area contributed by atoms with Crippen LogP contribution in [0, 0.1) is 0 Å². The van der Waals surface area contributed by atoms with E-state index in [9.17, 15) is 49.1 Å². The molecule has 0 fully saturated rings. The Morgan fingerprint density at radius 2 is 1.63 bits per heavy atom. The van der Waals surface area contributed by atoms with Gasteiger partial charge in [0.15, 0.2) is 5.69 Å². The van der Waals surface area contributed by atoms with Crippen LogP contribution in [-0.2, 0) is 39.3 Å². The monoisotopic (exact) mass is 689 g/mol. The number of nitrogens with zero attached hydrogens (tertiary/aromatic N) is 3. The summed E-state index contributed by atoms with van der Waals surface area (Å²) >= 11 is 8.49. The summed E-state index contributed by atoms with van der Waals surface area (Å²) in [7, 11) is 0. The second kappa shape index (κ2) is 13.2. The third-order valence-corrected chi connectivity index (χ3v) is 6.42. The van der Waals surface area contributed by atoms with Crippen LogP contribution < -0.4 is 10.5 Å². The van der Waals surface area contributed by atoms with Crippen molar-refractivity contribution in [3.05, 3.63) is 48.8 Å². The third-order valence-electron chi connectivity index (χ3n) is 5.31. The molecule has 1 aromatic carbocycles. The molecule has 0 radical (unpaired) electrons. The molecule has 1 heterocycles. The Hall–Kier alpha value is -2.53. The predicted octanol–water partition coefficient (Wildman–Crippen LogP) is 7.58. The Morgan fingerprint density at radius 1 is 1.02 bits per heavy atom. The zero-order valence-electron chi connectivity index (χ0n) is 21.4. The first-order valence-electron chi connectivity index (χ1n) is 11.7. The number of rotatable bonds is 10. The van der Waals surface area contributed by atoms with E-state index >= 15 is 0 Å². The second-order valence-electron chi connectivity index (χ2n) is 8.16. The number of carbonyl (C=O) groups excluding carboxylic acids is 1. The van der Waals surface area contributed by atoms with Gasteiger partial charge in [0, 0.05) is 13.2 Å². The fourth-order valence-corrected chi connectivity index (χ4v) is 4.36. The average molecular weight is 691 g/mol. The molecular formula is C23H22BrClF9N3O4. The summed E-state index contributed by atoms with van der Waals surface area (Å²) in [6.45, 7) is 3.00. The first-order chi connectivity index (χ1) is 18.8. The number of hydrogen-bond donors (Lipinski definition) is 0. The topological polar surface area (TPSA) is 73.7 Å². The summed E-state index contributed by atoms with van der Waals surface area (Å²) in [6, 6.07) is -0.223. The number of benzene rings is 1. The lowest BCUT2D eigenvalue weighted by atomic mass is 10.1. The van der Waals surface area contributed by atoms with E-state index in [0.29, 0.717) is 11.0 Å². The van der Waals surface area contributed by atoms with Gasteiger partial charge in [-0.3, -0.25) is 14.3 Å². The van der Waals surface area contributed by atoms with Gasteiger partial charge < -0.3 is 9.47 Å². The van der Waals surface area contributed by atoms with E-state index in [1.165, 1.54) is 13.8 Å². The number of anilines is 2. The molecule has 0 aliphatic carbocycles. The Bertz CT molecular complexity index is 1310. The molecule has 41 heavy (non-hydrogen) atoms. The molecule has 1 atom stereocenters. The summed E-state index contributed by atoms with van der Waals surface area (Å²) in [6.07, 6.45) is -18.1. The fourth-order valence-electron chi connectivity index (χ4n) is 3.52. The van der Waals surface area contributed by atoms with Gasteiger partial charge in [-0.2, -0.15) is 39.5 Å². The number of ether oxygens (including phenoxy) is 2. The number of carbonyl (C=O) groups is 1. The molecular weight excluding hydrogens is 669 g/mol. The number of aromatic nitrogens is 2. The van der Waals surface area contributed by atoms with Crippen molar-refractivity contribution in [2.45, 2.75) is 64.9 Å². The lowest BCUT2D eigenvalue weighted by molar-refractivity contribution is -0.155. The fraction of sp³-hybridized carbons (Fsp3) is 0.522. The van der Waals surface area contributed by atoms with E-state index in [-0.39, 0.29) is 30.1 Å². The highest BCUT2D eigenvalue weighted by atomic mass is 79.9. The summed E-state index contributed by atoms with van der Waals surface area (Å²) in [5.41, 5.74) is -8.46. The number of halogens is 11. The molecule has 2 aromatic rings.